The van der Waals surface area contributed by atoms with E-state index in [2.05, 4.69) is 9.71 Å². The van der Waals surface area contributed by atoms with Gasteiger partial charge in [-0.3, -0.25) is 9.71 Å². The van der Waals surface area contributed by atoms with Crippen LogP contribution >= 0.6 is 0 Å². The number of nitrogens with zero attached hydrogens (tertiary/aromatic N) is 1. The van der Waals surface area contributed by atoms with Crippen molar-refractivity contribution in [3.8, 4) is 0 Å². The van der Waals surface area contributed by atoms with Gasteiger partial charge in [-0.1, -0.05) is 18.2 Å². The van der Waals surface area contributed by atoms with Crippen molar-refractivity contribution in [1.82, 2.24) is 4.98 Å². The highest BCUT2D eigenvalue weighted by atomic mass is 32.2. The maximum atomic E-state index is 13.0. The van der Waals surface area contributed by atoms with Gasteiger partial charge in [-0.25, -0.2) is 13.2 Å². The van der Waals surface area contributed by atoms with Crippen LogP contribution in [-0.2, 0) is 22.9 Å². The first-order chi connectivity index (χ1) is 12.5. The number of para-hydroxylation sites is 1. The van der Waals surface area contributed by atoms with E-state index in [9.17, 15) is 18.3 Å². The number of carboxylic acids is 1. The Bertz CT molecular complexity index is 1130. The first-order valence-corrected chi connectivity index (χ1v) is 9.70. The molecule has 0 bridgehead atoms. The van der Waals surface area contributed by atoms with Crippen LogP contribution in [0.2, 0.25) is 0 Å². The minimum atomic E-state index is -3.94. The number of nitrogens with one attached hydrogen (secondary N) is 1. The van der Waals surface area contributed by atoms with E-state index < -0.39 is 16.0 Å². The number of benzene rings is 2. The molecule has 1 heterocycles. The third-order valence-corrected chi connectivity index (χ3v) is 6.02. The minimum Gasteiger partial charge on any atom is -0.478 e. The molecule has 26 heavy (non-hydrogen) atoms. The van der Waals surface area contributed by atoms with Crippen LogP contribution in [0.1, 0.15) is 27.9 Å². The molecule has 7 heteroatoms. The number of hydrogen-bond acceptors (Lipinski definition) is 4. The van der Waals surface area contributed by atoms with E-state index in [1.54, 1.807) is 30.5 Å². The summed E-state index contributed by atoms with van der Waals surface area (Å²) < 4.78 is 28.7. The summed E-state index contributed by atoms with van der Waals surface area (Å²) in [4.78, 5) is 15.7. The van der Waals surface area contributed by atoms with Crippen molar-refractivity contribution in [3.05, 3.63) is 65.4 Å². The average molecular weight is 368 g/mol. The number of pyridine rings is 1. The summed E-state index contributed by atoms with van der Waals surface area (Å²) in [7, 11) is -3.94. The Balaban J connectivity index is 1.84. The molecule has 0 spiro atoms. The number of fused-ring (bicyclic) bond motifs is 2. The van der Waals surface area contributed by atoms with Gasteiger partial charge in [-0.2, -0.15) is 0 Å². The van der Waals surface area contributed by atoms with Crippen LogP contribution < -0.4 is 4.72 Å². The lowest BCUT2D eigenvalue weighted by atomic mass is 10.1. The number of aryl methyl sites for hydroxylation is 1. The van der Waals surface area contributed by atoms with Crippen molar-refractivity contribution in [2.75, 3.05) is 4.72 Å². The normalized spacial score (nSPS) is 13.5. The molecule has 0 radical (unpaired) electrons. The molecule has 0 aliphatic heterocycles. The van der Waals surface area contributed by atoms with E-state index >= 15 is 0 Å². The Labute approximate surface area is 150 Å². The molecular formula is C19H16N2O4S. The fourth-order valence-electron chi connectivity index (χ4n) is 3.42. The van der Waals surface area contributed by atoms with Crippen molar-refractivity contribution in [1.29, 1.82) is 0 Å². The van der Waals surface area contributed by atoms with Crippen molar-refractivity contribution in [3.63, 3.8) is 0 Å². The van der Waals surface area contributed by atoms with E-state index in [-0.39, 0.29) is 10.5 Å². The summed E-state index contributed by atoms with van der Waals surface area (Å²) >= 11 is 0. The fourth-order valence-corrected chi connectivity index (χ4v) is 4.82. The number of hydrogen-bond donors (Lipinski definition) is 2. The molecule has 6 nitrogen and oxygen atoms in total. The zero-order valence-electron chi connectivity index (χ0n) is 13.8. The number of carboxylic acid groups (broad SMARTS) is 1. The summed E-state index contributed by atoms with van der Waals surface area (Å²) in [5, 5.41) is 10.1. The molecule has 1 aromatic heterocycles. The van der Waals surface area contributed by atoms with Crippen LogP contribution in [0.4, 0.5) is 5.69 Å². The predicted molar refractivity (Wildman–Crippen MR) is 98.0 cm³/mol. The molecule has 2 aromatic carbocycles. The SMILES string of the molecule is O=C(O)c1cc2c(c(S(=O)(=O)Nc3cccc4cccnc34)c1)CCC2. The minimum absolute atomic E-state index is 0.0120. The fraction of sp³-hybridized carbons (Fsp3) is 0.158. The van der Waals surface area contributed by atoms with Crippen LogP contribution in [0.5, 0.6) is 0 Å². The zero-order chi connectivity index (χ0) is 18.3. The highest BCUT2D eigenvalue weighted by Gasteiger charge is 2.26. The molecule has 2 N–H and O–H groups in total. The molecule has 0 atom stereocenters. The standard InChI is InChI=1S/C19H16N2O4S/c22-19(23)14-10-13-5-1-7-15(13)17(11-14)26(24,25)21-16-8-2-4-12-6-3-9-20-18(12)16/h2-4,6,8-11,21H,1,5,7H2,(H,22,23). The summed E-state index contributed by atoms with van der Waals surface area (Å²) in [6.45, 7) is 0. The van der Waals surface area contributed by atoms with Gasteiger partial charge in [0.15, 0.2) is 0 Å². The number of aromatic carboxylic acids is 1. The zero-order valence-corrected chi connectivity index (χ0v) is 14.6. The summed E-state index contributed by atoms with van der Waals surface area (Å²) in [6, 6.07) is 11.7. The number of rotatable bonds is 4. The third kappa shape index (κ3) is 2.80. The lowest BCUT2D eigenvalue weighted by Crippen LogP contribution is -2.16. The number of carbonyl (C=O) groups is 1. The molecule has 0 amide bonds. The third-order valence-electron chi connectivity index (χ3n) is 4.59. The van der Waals surface area contributed by atoms with Gasteiger partial charge >= 0.3 is 5.97 Å². The van der Waals surface area contributed by atoms with Crippen molar-refractivity contribution in [2.24, 2.45) is 0 Å². The Hall–Kier alpha value is -2.93. The molecule has 132 valence electrons. The molecule has 0 fully saturated rings. The van der Waals surface area contributed by atoms with Gasteiger partial charge in [0, 0.05) is 11.6 Å². The van der Waals surface area contributed by atoms with E-state index in [1.807, 2.05) is 12.1 Å². The molecule has 1 aliphatic rings. The van der Waals surface area contributed by atoms with E-state index in [0.29, 0.717) is 29.6 Å². The lowest BCUT2D eigenvalue weighted by Gasteiger charge is -2.14. The lowest BCUT2D eigenvalue weighted by molar-refractivity contribution is 0.0696. The topological polar surface area (TPSA) is 96.4 Å². The second kappa shape index (κ2) is 6.10. The number of aromatic nitrogens is 1. The first kappa shape index (κ1) is 16.5. The summed E-state index contributed by atoms with van der Waals surface area (Å²) in [5.74, 6) is -1.14. The van der Waals surface area contributed by atoms with Crippen LogP contribution in [-0.4, -0.2) is 24.5 Å². The summed E-state index contributed by atoms with van der Waals surface area (Å²) in [5.41, 5.74) is 2.40. The van der Waals surface area contributed by atoms with E-state index in [0.717, 1.165) is 17.4 Å². The van der Waals surface area contributed by atoms with E-state index in [1.165, 1.54) is 6.07 Å². The largest absolute Gasteiger partial charge is 0.478 e. The summed E-state index contributed by atoms with van der Waals surface area (Å²) in [6.07, 6.45) is 3.73. The monoisotopic (exact) mass is 368 g/mol. The number of sulfonamides is 1. The van der Waals surface area contributed by atoms with Crippen molar-refractivity contribution in [2.45, 2.75) is 24.2 Å². The maximum absolute atomic E-state index is 13.0. The molecule has 0 unspecified atom stereocenters. The molecule has 1 aliphatic carbocycles. The Morgan fingerprint density at radius 2 is 1.92 bits per heavy atom. The highest BCUT2D eigenvalue weighted by Crippen LogP contribution is 2.32. The van der Waals surface area contributed by atoms with Crippen LogP contribution in [0.25, 0.3) is 10.9 Å². The smallest absolute Gasteiger partial charge is 0.335 e. The van der Waals surface area contributed by atoms with Gasteiger partial charge in [0.1, 0.15) is 0 Å². The predicted octanol–water partition coefficient (Wildman–Crippen LogP) is 3.22. The van der Waals surface area contributed by atoms with Crippen LogP contribution in [0.15, 0.2) is 53.6 Å². The second-order valence-electron chi connectivity index (χ2n) is 6.26. The first-order valence-electron chi connectivity index (χ1n) is 8.21. The molecule has 4 rings (SSSR count). The average Bonchev–Trinajstić information content (AvgIpc) is 3.09. The molecule has 0 saturated carbocycles. The quantitative estimate of drug-likeness (QED) is 0.737. The van der Waals surface area contributed by atoms with Crippen molar-refractivity contribution >= 4 is 32.6 Å². The Morgan fingerprint density at radius 3 is 2.73 bits per heavy atom. The molecule has 3 aromatic rings. The van der Waals surface area contributed by atoms with Gasteiger partial charge < -0.3 is 5.11 Å². The second-order valence-corrected chi connectivity index (χ2v) is 7.91. The van der Waals surface area contributed by atoms with Gasteiger partial charge in [-0.15, -0.1) is 0 Å². The Kier molecular flexibility index (Phi) is 3.88. The Morgan fingerprint density at radius 1 is 1.12 bits per heavy atom. The van der Waals surface area contributed by atoms with E-state index in [4.69, 9.17) is 0 Å². The van der Waals surface area contributed by atoms with Gasteiger partial charge in [0.2, 0.25) is 0 Å². The van der Waals surface area contributed by atoms with Gasteiger partial charge in [-0.05, 0) is 54.7 Å². The van der Waals surface area contributed by atoms with Gasteiger partial charge in [0.05, 0.1) is 21.7 Å². The van der Waals surface area contributed by atoms with Crippen molar-refractivity contribution < 1.29 is 18.3 Å². The highest BCUT2D eigenvalue weighted by molar-refractivity contribution is 7.92. The maximum Gasteiger partial charge on any atom is 0.335 e. The van der Waals surface area contributed by atoms with Crippen LogP contribution in [0.3, 0.4) is 0 Å². The molecule has 0 saturated heterocycles. The molecular weight excluding hydrogens is 352 g/mol. The van der Waals surface area contributed by atoms with Gasteiger partial charge in [0.25, 0.3) is 10.0 Å². The number of anilines is 1. The van der Waals surface area contributed by atoms with Crippen LogP contribution in [0, 0.1) is 0 Å².